The summed E-state index contributed by atoms with van der Waals surface area (Å²) in [6.45, 7) is 4.12. The zero-order valence-electron chi connectivity index (χ0n) is 10.0. The average Bonchev–Trinajstić information content (AvgIpc) is 2.16. The van der Waals surface area contributed by atoms with Crippen molar-refractivity contribution in [1.29, 1.82) is 0 Å². The molecule has 0 amide bonds. The number of piperidine rings is 1. The van der Waals surface area contributed by atoms with Gasteiger partial charge in [0.1, 0.15) is 0 Å². The van der Waals surface area contributed by atoms with E-state index in [0.29, 0.717) is 19.6 Å². The molecule has 0 spiro atoms. The van der Waals surface area contributed by atoms with E-state index < -0.39 is 23.5 Å². The van der Waals surface area contributed by atoms with Crippen LogP contribution in [0, 0.1) is 11.3 Å². The van der Waals surface area contributed by atoms with E-state index in [1.807, 2.05) is 0 Å². The zero-order valence-corrected chi connectivity index (χ0v) is 10.0. The Morgan fingerprint density at radius 3 is 2.12 bits per heavy atom. The third kappa shape index (κ3) is 3.87. The summed E-state index contributed by atoms with van der Waals surface area (Å²) >= 11 is 0. The molecule has 0 unspecified atom stereocenters. The molecule has 0 aromatic rings. The Balaban J connectivity index is 2.46. The van der Waals surface area contributed by atoms with Gasteiger partial charge in [-0.15, -0.1) is 0 Å². The van der Waals surface area contributed by atoms with Gasteiger partial charge in [-0.1, -0.05) is 0 Å². The van der Waals surface area contributed by atoms with E-state index in [9.17, 15) is 18.0 Å². The summed E-state index contributed by atoms with van der Waals surface area (Å²) in [6.07, 6.45) is -3.98. The van der Waals surface area contributed by atoms with Crippen molar-refractivity contribution in [2.45, 2.75) is 32.9 Å². The predicted molar refractivity (Wildman–Crippen MR) is 56.6 cm³/mol. The van der Waals surface area contributed by atoms with Gasteiger partial charge in [-0.25, -0.2) is 0 Å². The maximum absolute atomic E-state index is 12.4. The van der Waals surface area contributed by atoms with Crippen LogP contribution in [0.25, 0.3) is 0 Å². The Kier molecular flexibility index (Phi) is 4.06. The minimum atomic E-state index is -4.12. The van der Waals surface area contributed by atoms with Gasteiger partial charge < -0.3 is 10.0 Å². The SMILES string of the molecule is CC(C)(CN1CCC(C(F)(F)F)CC1)C(=O)O. The van der Waals surface area contributed by atoms with Crippen molar-refractivity contribution in [3.63, 3.8) is 0 Å². The molecular weight excluding hydrogens is 235 g/mol. The molecule has 17 heavy (non-hydrogen) atoms. The molecule has 1 saturated heterocycles. The number of nitrogens with zero attached hydrogens (tertiary/aromatic N) is 1. The molecule has 1 aliphatic heterocycles. The Bertz CT molecular complexity index is 281. The van der Waals surface area contributed by atoms with E-state index in [1.165, 1.54) is 0 Å². The predicted octanol–water partition coefficient (Wildman–Crippen LogP) is 2.37. The van der Waals surface area contributed by atoms with E-state index in [2.05, 4.69) is 0 Å². The van der Waals surface area contributed by atoms with Crippen LogP contribution in [0.2, 0.25) is 0 Å². The van der Waals surface area contributed by atoms with Crippen molar-refractivity contribution >= 4 is 5.97 Å². The Labute approximate surface area is 98.6 Å². The Morgan fingerprint density at radius 2 is 1.76 bits per heavy atom. The third-order valence-corrected chi connectivity index (χ3v) is 3.25. The highest BCUT2D eigenvalue weighted by Crippen LogP contribution is 2.34. The van der Waals surface area contributed by atoms with Crippen LogP contribution in [0.5, 0.6) is 0 Å². The maximum Gasteiger partial charge on any atom is 0.391 e. The standard InChI is InChI=1S/C11H18F3NO2/c1-10(2,9(16)17)7-15-5-3-8(4-6-15)11(12,13)14/h8H,3-7H2,1-2H3,(H,16,17). The first-order valence-corrected chi connectivity index (χ1v) is 5.65. The number of carboxylic acids is 1. The molecule has 100 valence electrons. The molecule has 1 N–H and O–H groups in total. The van der Waals surface area contributed by atoms with Gasteiger partial charge in [0.05, 0.1) is 11.3 Å². The van der Waals surface area contributed by atoms with Crippen molar-refractivity contribution in [3.8, 4) is 0 Å². The Hall–Kier alpha value is -0.780. The number of alkyl halides is 3. The zero-order chi connectivity index (χ0) is 13.3. The lowest BCUT2D eigenvalue weighted by atomic mass is 9.90. The van der Waals surface area contributed by atoms with Crippen molar-refractivity contribution in [2.75, 3.05) is 19.6 Å². The van der Waals surface area contributed by atoms with Gasteiger partial charge in [0.2, 0.25) is 0 Å². The van der Waals surface area contributed by atoms with E-state index in [4.69, 9.17) is 5.11 Å². The van der Waals surface area contributed by atoms with Gasteiger partial charge in [-0.05, 0) is 39.8 Å². The van der Waals surface area contributed by atoms with Gasteiger partial charge in [0.25, 0.3) is 0 Å². The highest BCUT2D eigenvalue weighted by atomic mass is 19.4. The van der Waals surface area contributed by atoms with E-state index in [1.54, 1.807) is 18.7 Å². The van der Waals surface area contributed by atoms with E-state index in [-0.39, 0.29) is 12.8 Å². The second-order valence-corrected chi connectivity index (χ2v) is 5.28. The molecule has 1 fully saturated rings. The normalized spacial score (nSPS) is 20.5. The molecule has 0 bridgehead atoms. The molecule has 6 heteroatoms. The Morgan fingerprint density at radius 1 is 1.29 bits per heavy atom. The second kappa shape index (κ2) is 4.84. The minimum Gasteiger partial charge on any atom is -0.481 e. The van der Waals surface area contributed by atoms with Crippen LogP contribution in [-0.4, -0.2) is 41.8 Å². The number of carboxylic acid groups (broad SMARTS) is 1. The number of carbonyl (C=O) groups is 1. The number of rotatable bonds is 3. The topological polar surface area (TPSA) is 40.5 Å². The molecule has 0 atom stereocenters. The highest BCUT2D eigenvalue weighted by molar-refractivity contribution is 5.73. The molecule has 0 aromatic carbocycles. The molecule has 1 rings (SSSR count). The number of aliphatic carboxylic acids is 1. The first-order chi connectivity index (χ1) is 7.63. The number of likely N-dealkylation sites (tertiary alicyclic amines) is 1. The largest absolute Gasteiger partial charge is 0.481 e. The van der Waals surface area contributed by atoms with Crippen LogP contribution in [0.1, 0.15) is 26.7 Å². The van der Waals surface area contributed by atoms with Crippen molar-refractivity contribution in [2.24, 2.45) is 11.3 Å². The van der Waals surface area contributed by atoms with Gasteiger partial charge in [0, 0.05) is 6.54 Å². The van der Waals surface area contributed by atoms with Crippen LogP contribution < -0.4 is 0 Å². The summed E-state index contributed by atoms with van der Waals surface area (Å²) in [5, 5.41) is 8.95. The van der Waals surface area contributed by atoms with E-state index >= 15 is 0 Å². The first kappa shape index (κ1) is 14.3. The maximum atomic E-state index is 12.4. The minimum absolute atomic E-state index is 0.0686. The molecule has 0 saturated carbocycles. The van der Waals surface area contributed by atoms with Crippen molar-refractivity contribution in [3.05, 3.63) is 0 Å². The van der Waals surface area contributed by atoms with Crippen LogP contribution >= 0.6 is 0 Å². The summed E-state index contributed by atoms with van der Waals surface area (Å²) in [6, 6.07) is 0. The summed E-state index contributed by atoms with van der Waals surface area (Å²) < 4.78 is 37.3. The fourth-order valence-electron chi connectivity index (χ4n) is 2.05. The third-order valence-electron chi connectivity index (χ3n) is 3.25. The van der Waals surface area contributed by atoms with Crippen LogP contribution in [0.15, 0.2) is 0 Å². The van der Waals surface area contributed by atoms with Crippen LogP contribution in [0.3, 0.4) is 0 Å². The molecule has 0 radical (unpaired) electrons. The van der Waals surface area contributed by atoms with Gasteiger partial charge in [-0.2, -0.15) is 13.2 Å². The summed E-state index contributed by atoms with van der Waals surface area (Å²) in [5.41, 5.74) is -0.912. The van der Waals surface area contributed by atoms with Crippen molar-refractivity contribution < 1.29 is 23.1 Å². The molecule has 0 aromatic heterocycles. The first-order valence-electron chi connectivity index (χ1n) is 5.65. The fraction of sp³-hybridized carbons (Fsp3) is 0.909. The lowest BCUT2D eigenvalue weighted by molar-refractivity contribution is -0.186. The monoisotopic (exact) mass is 253 g/mol. The summed E-state index contributed by atoms with van der Waals surface area (Å²) in [4.78, 5) is 12.7. The molecule has 3 nitrogen and oxygen atoms in total. The fourth-order valence-corrected chi connectivity index (χ4v) is 2.05. The molecule has 1 heterocycles. The van der Waals surface area contributed by atoms with Crippen LogP contribution in [0.4, 0.5) is 13.2 Å². The number of halogens is 3. The van der Waals surface area contributed by atoms with Gasteiger partial charge >= 0.3 is 12.1 Å². The summed E-state index contributed by atoms with van der Waals surface area (Å²) in [7, 11) is 0. The second-order valence-electron chi connectivity index (χ2n) is 5.28. The lowest BCUT2D eigenvalue weighted by Crippen LogP contribution is -2.45. The molecular formula is C11H18F3NO2. The summed E-state index contributed by atoms with van der Waals surface area (Å²) in [5.74, 6) is -2.15. The van der Waals surface area contributed by atoms with E-state index in [0.717, 1.165) is 0 Å². The van der Waals surface area contributed by atoms with Crippen molar-refractivity contribution in [1.82, 2.24) is 4.90 Å². The lowest BCUT2D eigenvalue weighted by Gasteiger charge is -2.36. The molecule has 0 aliphatic carbocycles. The molecule has 1 aliphatic rings. The average molecular weight is 253 g/mol. The highest BCUT2D eigenvalue weighted by Gasteiger charge is 2.42. The number of hydrogen-bond donors (Lipinski definition) is 1. The van der Waals surface area contributed by atoms with Crippen LogP contribution in [-0.2, 0) is 4.79 Å². The number of hydrogen-bond acceptors (Lipinski definition) is 2. The smallest absolute Gasteiger partial charge is 0.391 e. The van der Waals surface area contributed by atoms with Gasteiger partial charge in [0.15, 0.2) is 0 Å². The van der Waals surface area contributed by atoms with Gasteiger partial charge in [-0.3, -0.25) is 4.79 Å². The quantitative estimate of drug-likeness (QED) is 0.839.